The first-order valence-electron chi connectivity index (χ1n) is 8.14. The molecule has 0 atom stereocenters. The van der Waals surface area contributed by atoms with Gasteiger partial charge in [0.2, 0.25) is 5.91 Å². The summed E-state index contributed by atoms with van der Waals surface area (Å²) in [5.41, 5.74) is 0.689. The number of amides is 1. The third-order valence-electron chi connectivity index (χ3n) is 3.74. The van der Waals surface area contributed by atoms with Crippen molar-refractivity contribution in [3.8, 4) is 5.00 Å². The van der Waals surface area contributed by atoms with Crippen LogP contribution in [0.1, 0.15) is 10.4 Å². The molecule has 0 aliphatic rings. The number of nitrogens with zero attached hydrogens (tertiary/aromatic N) is 5. The van der Waals surface area contributed by atoms with E-state index >= 15 is 0 Å². The second-order valence-corrected chi connectivity index (χ2v) is 8.72. The number of nitrogens with one attached hydrogen (secondary N) is 1. The lowest BCUT2D eigenvalue weighted by Gasteiger charge is -2.00. The first-order chi connectivity index (χ1) is 13.6. The molecular formula is C17H13BrN6O2S2. The molecule has 4 aromatic rings. The van der Waals surface area contributed by atoms with Gasteiger partial charge in [0.15, 0.2) is 5.13 Å². The van der Waals surface area contributed by atoms with Gasteiger partial charge in [0, 0.05) is 22.0 Å². The van der Waals surface area contributed by atoms with Crippen LogP contribution >= 0.6 is 38.6 Å². The van der Waals surface area contributed by atoms with E-state index in [0.717, 1.165) is 30.7 Å². The second-order valence-electron chi connectivity index (χ2n) is 5.77. The lowest BCUT2D eigenvalue weighted by atomic mass is 10.1. The van der Waals surface area contributed by atoms with E-state index in [-0.39, 0.29) is 12.5 Å². The standard InChI is InChI=1S/C17H13BrN6O2S2/c18-12-5-3-11(4-6-12)8-13-9-19-16(28-13)20-14(25)10-23-17(26)24(22-21-23)15-2-1-7-27-15/h1-7,9H,8,10H2,(H,19,20,25). The van der Waals surface area contributed by atoms with Gasteiger partial charge in [0.1, 0.15) is 11.5 Å². The van der Waals surface area contributed by atoms with E-state index in [0.29, 0.717) is 10.1 Å². The number of hydrogen-bond donors (Lipinski definition) is 1. The van der Waals surface area contributed by atoms with Gasteiger partial charge in [-0.1, -0.05) is 28.1 Å². The second kappa shape index (κ2) is 8.17. The molecule has 3 heterocycles. The van der Waals surface area contributed by atoms with Gasteiger partial charge in [0.05, 0.1) is 0 Å². The summed E-state index contributed by atoms with van der Waals surface area (Å²) in [5.74, 6) is -0.384. The number of halogens is 1. The Morgan fingerprint density at radius 3 is 2.75 bits per heavy atom. The Labute approximate surface area is 175 Å². The summed E-state index contributed by atoms with van der Waals surface area (Å²) in [6.45, 7) is -0.230. The Morgan fingerprint density at radius 2 is 2.00 bits per heavy atom. The molecule has 8 nitrogen and oxygen atoms in total. The average molecular weight is 477 g/mol. The SMILES string of the molecule is O=C(Cn1nnn(-c2cccs2)c1=O)Nc1ncc(Cc2ccc(Br)cc2)s1. The van der Waals surface area contributed by atoms with Gasteiger partial charge >= 0.3 is 5.69 Å². The number of hydrogen-bond acceptors (Lipinski definition) is 7. The maximum Gasteiger partial charge on any atom is 0.369 e. The van der Waals surface area contributed by atoms with Gasteiger partial charge in [-0.05, 0) is 45.6 Å². The van der Waals surface area contributed by atoms with Gasteiger partial charge in [-0.3, -0.25) is 4.79 Å². The zero-order valence-corrected chi connectivity index (χ0v) is 17.5. The van der Waals surface area contributed by atoms with E-state index in [1.165, 1.54) is 22.7 Å². The highest BCUT2D eigenvalue weighted by Crippen LogP contribution is 2.22. The molecule has 0 saturated heterocycles. The maximum atomic E-state index is 12.3. The minimum atomic E-state index is -0.465. The van der Waals surface area contributed by atoms with Crippen LogP contribution in [0.15, 0.2) is 57.2 Å². The Morgan fingerprint density at radius 1 is 1.18 bits per heavy atom. The van der Waals surface area contributed by atoms with Crippen molar-refractivity contribution < 1.29 is 4.79 Å². The molecule has 3 aromatic heterocycles. The van der Waals surface area contributed by atoms with E-state index < -0.39 is 5.69 Å². The average Bonchev–Trinajstić information content (AvgIpc) is 3.41. The summed E-state index contributed by atoms with van der Waals surface area (Å²) < 4.78 is 3.21. The summed E-state index contributed by atoms with van der Waals surface area (Å²) in [4.78, 5) is 29.8. The number of tetrazole rings is 1. The Balaban J connectivity index is 1.39. The Bertz CT molecular complexity index is 1150. The molecule has 0 aliphatic heterocycles. The third kappa shape index (κ3) is 4.26. The summed E-state index contributed by atoms with van der Waals surface area (Å²) in [6, 6.07) is 11.6. The van der Waals surface area contributed by atoms with Crippen LogP contribution in [0, 0.1) is 0 Å². The highest BCUT2D eigenvalue weighted by molar-refractivity contribution is 9.10. The number of rotatable bonds is 6. The molecule has 1 aromatic carbocycles. The fourth-order valence-electron chi connectivity index (χ4n) is 2.45. The largest absolute Gasteiger partial charge is 0.369 e. The van der Waals surface area contributed by atoms with Crippen molar-refractivity contribution >= 4 is 49.6 Å². The minimum Gasteiger partial charge on any atom is -0.300 e. The molecule has 142 valence electrons. The summed E-state index contributed by atoms with van der Waals surface area (Å²) >= 11 is 6.18. The number of thiophene rings is 1. The van der Waals surface area contributed by atoms with Gasteiger partial charge < -0.3 is 5.32 Å². The summed E-state index contributed by atoms with van der Waals surface area (Å²) in [7, 11) is 0. The predicted octanol–water partition coefficient (Wildman–Crippen LogP) is 2.94. The van der Waals surface area contributed by atoms with Gasteiger partial charge in [0.25, 0.3) is 0 Å². The zero-order valence-electron chi connectivity index (χ0n) is 14.3. The lowest BCUT2D eigenvalue weighted by molar-refractivity contribution is -0.117. The molecular weight excluding hydrogens is 464 g/mol. The number of carbonyl (C=O) groups excluding carboxylic acids is 1. The molecule has 0 saturated carbocycles. The van der Waals surface area contributed by atoms with E-state index in [4.69, 9.17) is 0 Å². The molecule has 1 N–H and O–H groups in total. The fourth-order valence-corrected chi connectivity index (χ4v) is 4.24. The van der Waals surface area contributed by atoms with Crippen LogP contribution < -0.4 is 11.0 Å². The number of carbonyl (C=O) groups is 1. The minimum absolute atomic E-state index is 0.230. The number of anilines is 1. The molecule has 1 amide bonds. The normalized spacial score (nSPS) is 10.9. The fraction of sp³-hybridized carbons (Fsp3) is 0.118. The van der Waals surface area contributed by atoms with Crippen LogP contribution in [0.4, 0.5) is 5.13 Å². The Hall–Kier alpha value is -2.63. The highest BCUT2D eigenvalue weighted by atomic mass is 79.9. The van der Waals surface area contributed by atoms with Crippen molar-refractivity contribution in [1.29, 1.82) is 0 Å². The first-order valence-corrected chi connectivity index (χ1v) is 10.6. The summed E-state index contributed by atoms with van der Waals surface area (Å²) in [6.07, 6.45) is 2.47. The number of thiazole rings is 1. The predicted molar refractivity (Wildman–Crippen MR) is 111 cm³/mol. The topological polar surface area (TPSA) is 94.7 Å². The van der Waals surface area contributed by atoms with Crippen molar-refractivity contribution in [1.82, 2.24) is 24.8 Å². The van der Waals surface area contributed by atoms with Crippen LogP contribution in [-0.4, -0.2) is 30.7 Å². The van der Waals surface area contributed by atoms with Crippen molar-refractivity contribution in [2.24, 2.45) is 0 Å². The molecule has 0 radical (unpaired) electrons. The smallest absolute Gasteiger partial charge is 0.300 e. The quantitative estimate of drug-likeness (QED) is 0.461. The van der Waals surface area contributed by atoms with E-state index in [9.17, 15) is 9.59 Å². The molecule has 0 spiro atoms. The molecule has 4 rings (SSSR count). The van der Waals surface area contributed by atoms with Crippen molar-refractivity contribution in [3.63, 3.8) is 0 Å². The van der Waals surface area contributed by atoms with Crippen LogP contribution in [0.5, 0.6) is 0 Å². The molecule has 0 bridgehead atoms. The summed E-state index contributed by atoms with van der Waals surface area (Å²) in [5, 5.41) is 13.2. The highest BCUT2D eigenvalue weighted by Gasteiger charge is 2.14. The van der Waals surface area contributed by atoms with Crippen molar-refractivity contribution in [2.45, 2.75) is 13.0 Å². The maximum absolute atomic E-state index is 12.3. The lowest BCUT2D eigenvalue weighted by Crippen LogP contribution is -2.29. The first kappa shape index (κ1) is 18.7. The molecule has 0 fully saturated rings. The third-order valence-corrected chi connectivity index (χ3v) is 6.02. The molecule has 0 unspecified atom stereocenters. The van der Waals surface area contributed by atoms with Crippen LogP contribution in [0.2, 0.25) is 0 Å². The van der Waals surface area contributed by atoms with E-state index in [2.05, 4.69) is 36.7 Å². The Kier molecular flexibility index (Phi) is 5.46. The number of benzene rings is 1. The van der Waals surface area contributed by atoms with Gasteiger partial charge in [-0.25, -0.2) is 9.78 Å². The van der Waals surface area contributed by atoms with Crippen LogP contribution in [-0.2, 0) is 17.8 Å². The molecule has 28 heavy (non-hydrogen) atoms. The van der Waals surface area contributed by atoms with Gasteiger partial charge in [-0.15, -0.1) is 22.7 Å². The van der Waals surface area contributed by atoms with E-state index in [1.54, 1.807) is 12.3 Å². The van der Waals surface area contributed by atoms with Crippen molar-refractivity contribution in [2.75, 3.05) is 5.32 Å². The van der Waals surface area contributed by atoms with Crippen LogP contribution in [0.3, 0.4) is 0 Å². The molecule has 11 heteroatoms. The zero-order chi connectivity index (χ0) is 19.5. The monoisotopic (exact) mass is 476 g/mol. The van der Waals surface area contributed by atoms with Crippen LogP contribution in [0.25, 0.3) is 5.00 Å². The molecule has 0 aliphatic carbocycles. The van der Waals surface area contributed by atoms with Crippen molar-refractivity contribution in [3.05, 3.63) is 73.4 Å². The number of aromatic nitrogens is 5. The van der Waals surface area contributed by atoms with Gasteiger partial charge in [-0.2, -0.15) is 9.36 Å². The van der Waals surface area contributed by atoms with E-state index in [1.807, 2.05) is 35.7 Å².